The lowest BCUT2D eigenvalue weighted by Crippen LogP contribution is -2.20. The van der Waals surface area contributed by atoms with E-state index in [4.69, 9.17) is 17.3 Å². The highest BCUT2D eigenvalue weighted by Gasteiger charge is 2.32. The van der Waals surface area contributed by atoms with Crippen LogP contribution in [0.25, 0.3) is 0 Å². The number of halogens is 6. The van der Waals surface area contributed by atoms with E-state index in [1.165, 1.54) is 79.7 Å². The van der Waals surface area contributed by atoms with Gasteiger partial charge in [0.2, 0.25) is 5.91 Å². The van der Waals surface area contributed by atoms with Gasteiger partial charge in [0.25, 0.3) is 5.92 Å². The van der Waals surface area contributed by atoms with Gasteiger partial charge in [0.1, 0.15) is 5.70 Å². The predicted octanol–water partition coefficient (Wildman–Crippen LogP) is 7.55. The van der Waals surface area contributed by atoms with Gasteiger partial charge in [0.15, 0.2) is 0 Å². The summed E-state index contributed by atoms with van der Waals surface area (Å²) in [6, 6.07) is 17.8. The Labute approximate surface area is 215 Å². The first-order valence-corrected chi connectivity index (χ1v) is 11.5. The third-order valence-electron chi connectivity index (χ3n) is 5.35. The minimum atomic E-state index is -4.72. The molecule has 0 spiro atoms. The van der Waals surface area contributed by atoms with Crippen molar-refractivity contribution in [3.8, 4) is 0 Å². The van der Waals surface area contributed by atoms with Crippen molar-refractivity contribution in [1.29, 1.82) is 0 Å². The molecule has 0 aliphatic rings. The van der Waals surface area contributed by atoms with Gasteiger partial charge in [-0.2, -0.15) is 13.2 Å². The minimum Gasteiger partial charge on any atom is -0.395 e. The number of aliphatic imine (C=N–C) groups is 1. The second-order valence-corrected chi connectivity index (χ2v) is 8.56. The van der Waals surface area contributed by atoms with Crippen LogP contribution < -0.4 is 11.1 Å². The summed E-state index contributed by atoms with van der Waals surface area (Å²) >= 11 is 5.87. The first kappa shape index (κ1) is 27.9. The molecular weight excluding hydrogens is 513 g/mol. The first-order valence-electron chi connectivity index (χ1n) is 11.1. The van der Waals surface area contributed by atoms with E-state index in [0.717, 1.165) is 6.08 Å². The lowest BCUT2D eigenvalue weighted by Gasteiger charge is -2.14. The standard InChI is InChI=1S/C27H23ClF5N3O/c1-2-26(29,30)19-7-3-17(4-8-19)15-25(37)36-22-13-11-21(12-14-22)35-23(16-24(34)27(31,32)33)18-5-9-20(28)10-6-18/h3-14,16H,2,15,34H2,1H3,(H,36,37). The topological polar surface area (TPSA) is 67.5 Å². The number of nitrogens with two attached hydrogens (primary N) is 1. The van der Waals surface area contributed by atoms with Crippen molar-refractivity contribution in [2.45, 2.75) is 31.9 Å². The van der Waals surface area contributed by atoms with Gasteiger partial charge in [-0.1, -0.05) is 54.9 Å². The summed E-state index contributed by atoms with van der Waals surface area (Å²) in [5.41, 5.74) is 5.43. The lowest BCUT2D eigenvalue weighted by molar-refractivity contribution is -0.115. The molecule has 3 aromatic carbocycles. The van der Waals surface area contributed by atoms with Crippen LogP contribution in [0.4, 0.5) is 33.3 Å². The van der Waals surface area contributed by atoms with Crippen LogP contribution in [0, 0.1) is 0 Å². The number of carbonyl (C=O) groups excluding carboxylic acids is 1. The second-order valence-electron chi connectivity index (χ2n) is 8.13. The molecule has 0 heterocycles. The fourth-order valence-electron chi connectivity index (χ4n) is 3.25. The zero-order chi connectivity index (χ0) is 27.2. The molecule has 194 valence electrons. The third kappa shape index (κ3) is 7.88. The van der Waals surface area contributed by atoms with Gasteiger partial charge < -0.3 is 11.1 Å². The number of hydrogen-bond donors (Lipinski definition) is 2. The van der Waals surface area contributed by atoms with Gasteiger partial charge in [0, 0.05) is 28.3 Å². The summed E-state index contributed by atoms with van der Waals surface area (Å²) in [4.78, 5) is 16.7. The van der Waals surface area contributed by atoms with Crippen molar-refractivity contribution >= 4 is 34.6 Å². The number of alkyl halides is 5. The number of nitrogens with zero attached hydrogens (tertiary/aromatic N) is 1. The van der Waals surface area contributed by atoms with Gasteiger partial charge in [-0.05, 0) is 48.0 Å². The molecule has 0 fully saturated rings. The third-order valence-corrected chi connectivity index (χ3v) is 5.60. The number of allylic oxidation sites excluding steroid dienone is 2. The summed E-state index contributed by atoms with van der Waals surface area (Å²) in [6.07, 6.45) is -4.33. The highest BCUT2D eigenvalue weighted by atomic mass is 35.5. The number of rotatable bonds is 8. The maximum absolute atomic E-state index is 13.8. The number of anilines is 1. The monoisotopic (exact) mass is 535 g/mol. The molecule has 0 unspecified atom stereocenters. The van der Waals surface area contributed by atoms with E-state index in [1.807, 2.05) is 0 Å². The fraction of sp³-hybridized carbons (Fsp3) is 0.185. The number of hydrogen-bond acceptors (Lipinski definition) is 3. The van der Waals surface area contributed by atoms with E-state index < -0.39 is 17.8 Å². The first-order chi connectivity index (χ1) is 17.4. The maximum Gasteiger partial charge on any atom is 0.430 e. The lowest BCUT2D eigenvalue weighted by atomic mass is 10.0. The Morgan fingerprint density at radius 3 is 2.08 bits per heavy atom. The average Bonchev–Trinajstić information content (AvgIpc) is 2.85. The molecule has 0 saturated carbocycles. The summed E-state index contributed by atoms with van der Waals surface area (Å²) in [6.45, 7) is 1.39. The molecule has 3 aromatic rings. The SMILES string of the molecule is CCC(F)(F)c1ccc(CC(=O)Nc2ccc(N=C(C=C(N)C(F)(F)F)c3ccc(Cl)cc3)cc2)cc1. The van der Waals surface area contributed by atoms with Gasteiger partial charge in [-0.3, -0.25) is 4.79 Å². The van der Waals surface area contributed by atoms with Crippen molar-refractivity contribution in [3.05, 3.63) is 106 Å². The Balaban J connectivity index is 1.74. The van der Waals surface area contributed by atoms with Crippen molar-refractivity contribution in [2.75, 3.05) is 5.32 Å². The minimum absolute atomic E-state index is 0.0274. The molecule has 3 rings (SSSR count). The van der Waals surface area contributed by atoms with Crippen LogP contribution in [0.1, 0.15) is 30.0 Å². The van der Waals surface area contributed by atoms with Crippen molar-refractivity contribution < 1.29 is 26.7 Å². The van der Waals surface area contributed by atoms with Crippen LogP contribution >= 0.6 is 11.6 Å². The smallest absolute Gasteiger partial charge is 0.395 e. The molecule has 4 nitrogen and oxygen atoms in total. The summed E-state index contributed by atoms with van der Waals surface area (Å²) < 4.78 is 66.5. The van der Waals surface area contributed by atoms with Crippen LogP contribution in [0.15, 0.2) is 89.6 Å². The molecule has 10 heteroatoms. The zero-order valence-electron chi connectivity index (χ0n) is 19.6. The Morgan fingerprint density at radius 1 is 0.946 bits per heavy atom. The second kappa shape index (κ2) is 11.6. The summed E-state index contributed by atoms with van der Waals surface area (Å²) in [5.74, 6) is -3.29. The normalized spacial score (nSPS) is 12.9. The van der Waals surface area contributed by atoms with Crippen LogP contribution in [-0.4, -0.2) is 17.8 Å². The Bertz CT molecular complexity index is 1280. The van der Waals surface area contributed by atoms with Gasteiger partial charge in [-0.25, -0.2) is 13.8 Å². The highest BCUT2D eigenvalue weighted by molar-refractivity contribution is 6.30. The largest absolute Gasteiger partial charge is 0.430 e. The van der Waals surface area contributed by atoms with E-state index in [9.17, 15) is 26.7 Å². The van der Waals surface area contributed by atoms with E-state index >= 15 is 0 Å². The Morgan fingerprint density at radius 2 is 1.54 bits per heavy atom. The molecule has 1 amide bonds. The number of benzene rings is 3. The highest BCUT2D eigenvalue weighted by Crippen LogP contribution is 2.31. The average molecular weight is 536 g/mol. The maximum atomic E-state index is 13.8. The number of carbonyl (C=O) groups is 1. The molecule has 3 N–H and O–H groups in total. The molecule has 37 heavy (non-hydrogen) atoms. The van der Waals surface area contributed by atoms with Crippen molar-refractivity contribution in [3.63, 3.8) is 0 Å². The molecule has 0 bridgehead atoms. The van der Waals surface area contributed by atoms with Crippen LogP contribution in [0.5, 0.6) is 0 Å². The van der Waals surface area contributed by atoms with E-state index in [2.05, 4.69) is 10.3 Å². The molecule has 0 aliphatic carbocycles. The summed E-state index contributed by atoms with van der Waals surface area (Å²) in [5, 5.41) is 3.09. The number of nitrogens with one attached hydrogen (secondary N) is 1. The molecule has 0 aliphatic heterocycles. The van der Waals surface area contributed by atoms with Crippen LogP contribution in [0.2, 0.25) is 5.02 Å². The molecule has 0 saturated heterocycles. The van der Waals surface area contributed by atoms with Gasteiger partial charge >= 0.3 is 6.18 Å². The van der Waals surface area contributed by atoms with E-state index in [0.29, 0.717) is 27.5 Å². The predicted molar refractivity (Wildman–Crippen MR) is 135 cm³/mol. The molecule has 0 aromatic heterocycles. The Kier molecular flexibility index (Phi) is 8.70. The molecule has 0 atom stereocenters. The van der Waals surface area contributed by atoms with Gasteiger partial charge in [-0.15, -0.1) is 0 Å². The summed E-state index contributed by atoms with van der Waals surface area (Å²) in [7, 11) is 0. The zero-order valence-corrected chi connectivity index (χ0v) is 20.4. The fourth-order valence-corrected chi connectivity index (χ4v) is 3.38. The van der Waals surface area contributed by atoms with Crippen LogP contribution in [0.3, 0.4) is 0 Å². The Hall–Kier alpha value is -3.72. The van der Waals surface area contributed by atoms with Crippen molar-refractivity contribution in [1.82, 2.24) is 0 Å². The van der Waals surface area contributed by atoms with Crippen molar-refractivity contribution in [2.24, 2.45) is 10.7 Å². The van der Waals surface area contributed by atoms with E-state index in [1.54, 1.807) is 0 Å². The number of amides is 1. The molecule has 0 radical (unpaired) electrons. The quantitative estimate of drug-likeness (QED) is 0.231. The molecular formula is C27H23ClF5N3O. The van der Waals surface area contributed by atoms with E-state index in [-0.39, 0.29) is 30.0 Å². The van der Waals surface area contributed by atoms with Crippen LogP contribution in [-0.2, 0) is 17.1 Å². The van der Waals surface area contributed by atoms with Gasteiger partial charge in [0.05, 0.1) is 17.8 Å².